The molecule has 0 bridgehead atoms. The number of ether oxygens (including phenoxy) is 1. The minimum absolute atomic E-state index is 0.275. The average Bonchev–Trinajstić information content (AvgIpc) is 2.40. The van der Waals surface area contributed by atoms with Crippen LogP contribution in [0.15, 0.2) is 40.9 Å². The van der Waals surface area contributed by atoms with Gasteiger partial charge in [-0.05, 0) is 59.1 Å². The first kappa shape index (κ1) is 15.0. The first-order valence-electron chi connectivity index (χ1n) is 6.46. The van der Waals surface area contributed by atoms with Gasteiger partial charge in [-0.25, -0.2) is 4.39 Å². The maximum atomic E-state index is 14.0. The van der Waals surface area contributed by atoms with Gasteiger partial charge in [0.15, 0.2) is 0 Å². The molecule has 2 aromatic rings. The normalized spacial score (nSPS) is 12.2. The van der Waals surface area contributed by atoms with Crippen LogP contribution in [0.1, 0.15) is 29.7 Å². The van der Waals surface area contributed by atoms with E-state index in [2.05, 4.69) is 15.9 Å². The van der Waals surface area contributed by atoms with Gasteiger partial charge in [0.2, 0.25) is 0 Å². The van der Waals surface area contributed by atoms with Crippen LogP contribution in [0.25, 0.3) is 0 Å². The summed E-state index contributed by atoms with van der Waals surface area (Å²) in [5.74, 6) is 0.482. The van der Waals surface area contributed by atoms with Gasteiger partial charge in [-0.2, -0.15) is 0 Å². The lowest BCUT2D eigenvalue weighted by atomic mass is 9.98. The molecule has 0 radical (unpaired) electrons. The lowest BCUT2D eigenvalue weighted by Crippen LogP contribution is -2.13. The van der Waals surface area contributed by atoms with Gasteiger partial charge in [0.05, 0.1) is 17.1 Å². The zero-order valence-electron chi connectivity index (χ0n) is 11.5. The SMILES string of the molecule is CCOc1ccc(C(N)c2ccc(C)cc2F)cc1Br. The summed E-state index contributed by atoms with van der Waals surface area (Å²) in [5.41, 5.74) is 8.37. The summed E-state index contributed by atoms with van der Waals surface area (Å²) in [6.07, 6.45) is 0. The van der Waals surface area contributed by atoms with Crippen LogP contribution in [0.5, 0.6) is 5.75 Å². The van der Waals surface area contributed by atoms with Crippen molar-refractivity contribution in [3.63, 3.8) is 0 Å². The first-order chi connectivity index (χ1) is 9.52. The fourth-order valence-electron chi connectivity index (χ4n) is 2.05. The minimum atomic E-state index is -0.498. The van der Waals surface area contributed by atoms with Crippen molar-refractivity contribution in [2.45, 2.75) is 19.9 Å². The summed E-state index contributed by atoms with van der Waals surface area (Å²) in [5, 5.41) is 0. The molecule has 2 aromatic carbocycles. The molecule has 2 rings (SSSR count). The van der Waals surface area contributed by atoms with Crippen LogP contribution in [-0.4, -0.2) is 6.61 Å². The van der Waals surface area contributed by atoms with Crippen molar-refractivity contribution in [3.05, 3.63) is 63.4 Å². The molecule has 0 saturated heterocycles. The van der Waals surface area contributed by atoms with Gasteiger partial charge in [0.1, 0.15) is 11.6 Å². The van der Waals surface area contributed by atoms with Crippen molar-refractivity contribution in [3.8, 4) is 5.75 Å². The molecule has 20 heavy (non-hydrogen) atoms. The number of halogens is 2. The summed E-state index contributed by atoms with van der Waals surface area (Å²) in [7, 11) is 0. The molecular weight excluding hydrogens is 321 g/mol. The van der Waals surface area contributed by atoms with E-state index in [9.17, 15) is 4.39 Å². The smallest absolute Gasteiger partial charge is 0.133 e. The topological polar surface area (TPSA) is 35.2 Å². The van der Waals surface area contributed by atoms with E-state index in [4.69, 9.17) is 10.5 Å². The van der Waals surface area contributed by atoms with E-state index in [1.807, 2.05) is 38.1 Å². The molecule has 0 fully saturated rings. The third kappa shape index (κ3) is 3.19. The summed E-state index contributed by atoms with van der Waals surface area (Å²) in [6, 6.07) is 10.2. The highest BCUT2D eigenvalue weighted by Crippen LogP contribution is 2.30. The summed E-state index contributed by atoms with van der Waals surface area (Å²) in [6.45, 7) is 4.37. The Balaban J connectivity index is 2.33. The van der Waals surface area contributed by atoms with E-state index >= 15 is 0 Å². The standard InChI is InChI=1S/C16H17BrFNO/c1-3-20-15-7-5-11(9-13(15)17)16(19)12-6-4-10(2)8-14(12)18/h4-9,16H,3,19H2,1-2H3. The molecule has 2 N–H and O–H groups in total. The van der Waals surface area contributed by atoms with Crippen molar-refractivity contribution < 1.29 is 9.13 Å². The van der Waals surface area contributed by atoms with E-state index in [0.29, 0.717) is 12.2 Å². The Labute approximate surface area is 126 Å². The largest absolute Gasteiger partial charge is 0.493 e. The van der Waals surface area contributed by atoms with Crippen LogP contribution in [0.3, 0.4) is 0 Å². The molecule has 0 aromatic heterocycles. The van der Waals surface area contributed by atoms with Gasteiger partial charge < -0.3 is 10.5 Å². The second kappa shape index (κ2) is 6.37. The Morgan fingerprint density at radius 3 is 2.60 bits per heavy atom. The minimum Gasteiger partial charge on any atom is -0.493 e. The highest BCUT2D eigenvalue weighted by atomic mass is 79.9. The molecule has 1 unspecified atom stereocenters. The number of nitrogens with two attached hydrogens (primary N) is 1. The number of hydrogen-bond donors (Lipinski definition) is 1. The number of hydrogen-bond acceptors (Lipinski definition) is 2. The molecule has 4 heteroatoms. The molecular formula is C16H17BrFNO. The highest BCUT2D eigenvalue weighted by Gasteiger charge is 2.15. The number of aryl methyl sites for hydroxylation is 1. The van der Waals surface area contributed by atoms with Gasteiger partial charge in [-0.15, -0.1) is 0 Å². The predicted octanol–water partition coefficient (Wildman–Crippen LogP) is 4.34. The van der Waals surface area contributed by atoms with E-state index in [1.54, 1.807) is 6.07 Å². The Hall–Kier alpha value is -1.39. The molecule has 0 heterocycles. The summed E-state index contributed by atoms with van der Waals surface area (Å²) in [4.78, 5) is 0. The fourth-order valence-corrected chi connectivity index (χ4v) is 2.56. The monoisotopic (exact) mass is 337 g/mol. The van der Waals surface area contributed by atoms with Gasteiger partial charge in [0, 0.05) is 5.56 Å². The van der Waals surface area contributed by atoms with Crippen molar-refractivity contribution >= 4 is 15.9 Å². The maximum Gasteiger partial charge on any atom is 0.133 e. The molecule has 1 atom stereocenters. The fraction of sp³-hybridized carbons (Fsp3) is 0.250. The highest BCUT2D eigenvalue weighted by molar-refractivity contribution is 9.10. The van der Waals surface area contributed by atoms with E-state index < -0.39 is 6.04 Å². The van der Waals surface area contributed by atoms with Crippen molar-refractivity contribution in [1.82, 2.24) is 0 Å². The van der Waals surface area contributed by atoms with Gasteiger partial charge >= 0.3 is 0 Å². The average molecular weight is 338 g/mol. The van der Waals surface area contributed by atoms with Crippen LogP contribution < -0.4 is 10.5 Å². The Kier molecular flexibility index (Phi) is 4.78. The molecule has 0 spiro atoms. The Morgan fingerprint density at radius 1 is 1.25 bits per heavy atom. The number of rotatable bonds is 4. The van der Waals surface area contributed by atoms with Crippen molar-refractivity contribution in [1.29, 1.82) is 0 Å². The third-order valence-electron chi connectivity index (χ3n) is 3.11. The number of benzene rings is 2. The molecule has 2 nitrogen and oxygen atoms in total. The third-order valence-corrected chi connectivity index (χ3v) is 3.73. The van der Waals surface area contributed by atoms with Crippen LogP contribution in [0, 0.1) is 12.7 Å². The zero-order chi connectivity index (χ0) is 14.7. The van der Waals surface area contributed by atoms with E-state index in [0.717, 1.165) is 21.3 Å². The molecule has 0 amide bonds. The van der Waals surface area contributed by atoms with Crippen LogP contribution >= 0.6 is 15.9 Å². The first-order valence-corrected chi connectivity index (χ1v) is 7.26. The van der Waals surface area contributed by atoms with E-state index in [1.165, 1.54) is 6.07 Å². The second-order valence-corrected chi connectivity index (χ2v) is 5.48. The Bertz CT molecular complexity index is 615. The van der Waals surface area contributed by atoms with Gasteiger partial charge in [0.25, 0.3) is 0 Å². The molecule has 106 valence electrons. The van der Waals surface area contributed by atoms with Crippen molar-refractivity contribution in [2.24, 2.45) is 5.73 Å². The molecule has 0 aliphatic rings. The second-order valence-electron chi connectivity index (χ2n) is 4.63. The molecule has 0 aliphatic heterocycles. The maximum absolute atomic E-state index is 14.0. The van der Waals surface area contributed by atoms with Crippen LogP contribution in [0.2, 0.25) is 0 Å². The predicted molar refractivity (Wildman–Crippen MR) is 82.5 cm³/mol. The lowest BCUT2D eigenvalue weighted by molar-refractivity contribution is 0.338. The quantitative estimate of drug-likeness (QED) is 0.900. The zero-order valence-corrected chi connectivity index (χ0v) is 13.1. The summed E-state index contributed by atoms with van der Waals surface area (Å²) < 4.78 is 20.2. The molecule has 0 aliphatic carbocycles. The van der Waals surface area contributed by atoms with Crippen LogP contribution in [0.4, 0.5) is 4.39 Å². The van der Waals surface area contributed by atoms with Crippen LogP contribution in [-0.2, 0) is 0 Å². The van der Waals surface area contributed by atoms with Gasteiger partial charge in [-0.3, -0.25) is 0 Å². The molecule has 0 saturated carbocycles. The Morgan fingerprint density at radius 2 is 2.00 bits per heavy atom. The van der Waals surface area contributed by atoms with Gasteiger partial charge in [-0.1, -0.05) is 18.2 Å². The van der Waals surface area contributed by atoms with E-state index in [-0.39, 0.29) is 5.82 Å². The van der Waals surface area contributed by atoms with Crippen molar-refractivity contribution in [2.75, 3.05) is 6.61 Å². The lowest BCUT2D eigenvalue weighted by Gasteiger charge is -2.15. The summed E-state index contributed by atoms with van der Waals surface area (Å²) >= 11 is 3.44.